The van der Waals surface area contributed by atoms with Gasteiger partial charge in [0.05, 0.1) is 40.2 Å². The molecule has 1 amide bonds. The number of rotatable bonds is 5. The van der Waals surface area contributed by atoms with Crippen molar-refractivity contribution in [1.82, 2.24) is 19.5 Å². The molecule has 0 saturated heterocycles. The second kappa shape index (κ2) is 9.77. The molecule has 36 heavy (non-hydrogen) atoms. The molecule has 5 aromatic rings. The molecule has 0 atom stereocenters. The molecule has 10 heteroatoms. The van der Waals surface area contributed by atoms with E-state index in [9.17, 15) is 14.7 Å². The molecule has 0 saturated carbocycles. The van der Waals surface area contributed by atoms with Crippen molar-refractivity contribution in [2.45, 2.75) is 6.54 Å². The first-order valence-corrected chi connectivity index (χ1v) is 11.5. The molecule has 0 aliphatic heterocycles. The molecule has 5 rings (SSSR count). The van der Waals surface area contributed by atoms with E-state index in [2.05, 4.69) is 20.3 Å². The summed E-state index contributed by atoms with van der Waals surface area (Å²) in [5.74, 6) is -1.07. The lowest BCUT2D eigenvalue weighted by molar-refractivity contribution is 0.102. The zero-order chi connectivity index (χ0) is 25.2. The molecule has 3 heterocycles. The minimum Gasteiger partial charge on any atom is -0.504 e. The molecule has 178 valence electrons. The van der Waals surface area contributed by atoms with Crippen LogP contribution in [-0.4, -0.2) is 30.5 Å². The van der Waals surface area contributed by atoms with Crippen molar-refractivity contribution in [3.8, 4) is 17.0 Å². The predicted molar refractivity (Wildman–Crippen MR) is 139 cm³/mol. The molecule has 2 N–H and O–H groups in total. The van der Waals surface area contributed by atoms with E-state index in [0.717, 1.165) is 16.8 Å². The lowest BCUT2D eigenvalue weighted by atomic mass is 10.0. The van der Waals surface area contributed by atoms with Crippen LogP contribution >= 0.6 is 23.2 Å². The summed E-state index contributed by atoms with van der Waals surface area (Å²) in [5, 5.41) is 12.2. The number of anilines is 1. The maximum absolute atomic E-state index is 13.5. The number of fused-ring (bicyclic) bond motifs is 1. The topological polar surface area (TPSA) is 110 Å². The number of halogens is 2. The Balaban J connectivity index is 1.53. The summed E-state index contributed by atoms with van der Waals surface area (Å²) in [5.41, 5.74) is 2.81. The quantitative estimate of drug-likeness (QED) is 0.311. The van der Waals surface area contributed by atoms with E-state index in [1.54, 1.807) is 24.4 Å². The summed E-state index contributed by atoms with van der Waals surface area (Å²) in [6.45, 7) is 0.252. The maximum atomic E-state index is 13.5. The number of benzene rings is 2. The third-order valence-electron chi connectivity index (χ3n) is 5.54. The summed E-state index contributed by atoms with van der Waals surface area (Å²) >= 11 is 11.8. The van der Waals surface area contributed by atoms with Gasteiger partial charge in [-0.25, -0.2) is 9.97 Å². The standard InChI is InChI=1S/C26H17Cl2N5O3/c27-17-12-21(31-24(28)23(17)34)25(35)32-20-10-5-9-19-22(20)26(36)33(14-30-19)13-15-6-1-2-7-16(15)18-8-3-4-11-29-18/h1-12,14,34H,13H2,(H,32,35). The molecule has 0 bridgehead atoms. The van der Waals surface area contributed by atoms with E-state index in [0.29, 0.717) is 5.52 Å². The van der Waals surface area contributed by atoms with E-state index in [-0.39, 0.29) is 39.0 Å². The number of amides is 1. The first kappa shape index (κ1) is 23.5. The molecule has 3 aromatic heterocycles. The fraction of sp³-hybridized carbons (Fsp3) is 0.0385. The number of hydrogen-bond donors (Lipinski definition) is 2. The van der Waals surface area contributed by atoms with Gasteiger partial charge in [-0.1, -0.05) is 59.6 Å². The van der Waals surface area contributed by atoms with Gasteiger partial charge in [-0.2, -0.15) is 0 Å². The second-order valence-corrected chi connectivity index (χ2v) is 8.60. The summed E-state index contributed by atoms with van der Waals surface area (Å²) < 4.78 is 1.48. The fourth-order valence-corrected chi connectivity index (χ4v) is 4.25. The van der Waals surface area contributed by atoms with Crippen molar-refractivity contribution in [2.75, 3.05) is 5.32 Å². The van der Waals surface area contributed by atoms with Crippen molar-refractivity contribution >= 4 is 45.7 Å². The van der Waals surface area contributed by atoms with Crippen molar-refractivity contribution in [3.63, 3.8) is 0 Å². The van der Waals surface area contributed by atoms with E-state index >= 15 is 0 Å². The van der Waals surface area contributed by atoms with Gasteiger partial charge in [-0.3, -0.25) is 19.1 Å². The minimum atomic E-state index is -0.651. The predicted octanol–water partition coefficient (Wildman–Crippen LogP) is 5.17. The van der Waals surface area contributed by atoms with Gasteiger partial charge in [0.25, 0.3) is 11.5 Å². The molecule has 0 spiro atoms. The highest BCUT2D eigenvalue weighted by Gasteiger charge is 2.17. The zero-order valence-electron chi connectivity index (χ0n) is 18.5. The Hall–Kier alpha value is -4.27. The van der Waals surface area contributed by atoms with Crippen LogP contribution in [0, 0.1) is 0 Å². The molecular weight excluding hydrogens is 501 g/mol. The Kier molecular flexibility index (Phi) is 6.37. The minimum absolute atomic E-state index is 0.117. The van der Waals surface area contributed by atoms with Crippen LogP contribution in [0.25, 0.3) is 22.2 Å². The number of aromatic nitrogens is 4. The lowest BCUT2D eigenvalue weighted by Crippen LogP contribution is -2.23. The van der Waals surface area contributed by atoms with Crippen molar-refractivity contribution < 1.29 is 9.90 Å². The van der Waals surface area contributed by atoms with Gasteiger partial charge < -0.3 is 10.4 Å². The number of carbonyl (C=O) groups excluding carboxylic acids is 1. The summed E-state index contributed by atoms with van der Waals surface area (Å²) in [6, 6.07) is 19.5. The maximum Gasteiger partial charge on any atom is 0.274 e. The molecule has 0 unspecified atom stereocenters. The van der Waals surface area contributed by atoms with Crippen molar-refractivity contribution in [2.24, 2.45) is 0 Å². The smallest absolute Gasteiger partial charge is 0.274 e. The Morgan fingerprint density at radius 1 is 1.00 bits per heavy atom. The van der Waals surface area contributed by atoms with Gasteiger partial charge in [0.2, 0.25) is 0 Å². The van der Waals surface area contributed by atoms with Gasteiger partial charge >= 0.3 is 0 Å². The van der Waals surface area contributed by atoms with E-state index in [1.165, 1.54) is 17.0 Å². The largest absolute Gasteiger partial charge is 0.504 e. The van der Waals surface area contributed by atoms with Crippen LogP contribution in [0.5, 0.6) is 5.75 Å². The number of aromatic hydroxyl groups is 1. The Labute approximate surface area is 214 Å². The number of nitrogens with zero attached hydrogens (tertiary/aromatic N) is 4. The van der Waals surface area contributed by atoms with Crippen LogP contribution in [0.1, 0.15) is 16.1 Å². The highest BCUT2D eigenvalue weighted by atomic mass is 35.5. The molecule has 0 aliphatic rings. The molecular formula is C26H17Cl2N5O3. The van der Waals surface area contributed by atoms with Gasteiger partial charge in [0.15, 0.2) is 10.9 Å². The van der Waals surface area contributed by atoms with Crippen LogP contribution in [0.2, 0.25) is 10.2 Å². The lowest BCUT2D eigenvalue weighted by Gasteiger charge is -2.13. The Bertz CT molecular complexity index is 1650. The average molecular weight is 518 g/mol. The van der Waals surface area contributed by atoms with Gasteiger partial charge in [0.1, 0.15) is 5.69 Å². The van der Waals surface area contributed by atoms with Crippen LogP contribution in [0.4, 0.5) is 5.69 Å². The zero-order valence-corrected chi connectivity index (χ0v) is 20.0. The van der Waals surface area contributed by atoms with Crippen LogP contribution in [0.3, 0.4) is 0 Å². The normalized spacial score (nSPS) is 10.9. The van der Waals surface area contributed by atoms with Crippen LogP contribution in [-0.2, 0) is 6.54 Å². The van der Waals surface area contributed by atoms with E-state index in [1.807, 2.05) is 42.5 Å². The number of hydrogen-bond acceptors (Lipinski definition) is 6. The molecule has 0 fully saturated rings. The van der Waals surface area contributed by atoms with E-state index in [4.69, 9.17) is 23.2 Å². The monoisotopic (exact) mass is 517 g/mol. The summed E-state index contributed by atoms with van der Waals surface area (Å²) in [4.78, 5) is 39.1. The Morgan fingerprint density at radius 3 is 2.58 bits per heavy atom. The molecule has 8 nitrogen and oxygen atoms in total. The first-order valence-electron chi connectivity index (χ1n) is 10.8. The number of pyridine rings is 2. The first-order chi connectivity index (χ1) is 17.4. The fourth-order valence-electron chi connectivity index (χ4n) is 3.81. The van der Waals surface area contributed by atoms with Gasteiger partial charge in [-0.05, 0) is 35.9 Å². The highest BCUT2D eigenvalue weighted by Crippen LogP contribution is 2.30. The highest BCUT2D eigenvalue weighted by molar-refractivity contribution is 6.36. The number of nitrogens with one attached hydrogen (secondary N) is 1. The molecule has 2 aromatic carbocycles. The summed E-state index contributed by atoms with van der Waals surface area (Å²) in [7, 11) is 0. The molecule has 0 radical (unpaired) electrons. The average Bonchev–Trinajstić information content (AvgIpc) is 2.89. The summed E-state index contributed by atoms with van der Waals surface area (Å²) in [6.07, 6.45) is 3.20. The third-order valence-corrected chi connectivity index (χ3v) is 6.09. The van der Waals surface area contributed by atoms with Crippen molar-refractivity contribution in [3.05, 3.63) is 111 Å². The van der Waals surface area contributed by atoms with Crippen molar-refractivity contribution in [1.29, 1.82) is 0 Å². The third kappa shape index (κ3) is 4.51. The van der Waals surface area contributed by atoms with Crippen LogP contribution < -0.4 is 10.9 Å². The SMILES string of the molecule is O=C(Nc1cccc2ncn(Cc3ccccc3-c3ccccn3)c(=O)c12)c1cc(Cl)c(O)c(Cl)n1. The van der Waals surface area contributed by atoms with Crippen LogP contribution in [0.15, 0.2) is 84.0 Å². The van der Waals surface area contributed by atoms with E-state index < -0.39 is 11.7 Å². The Morgan fingerprint density at radius 2 is 1.81 bits per heavy atom. The van der Waals surface area contributed by atoms with Gasteiger partial charge in [0, 0.05) is 11.8 Å². The molecule has 0 aliphatic carbocycles. The number of carbonyl (C=O) groups is 1. The second-order valence-electron chi connectivity index (χ2n) is 7.83. The van der Waals surface area contributed by atoms with Gasteiger partial charge in [-0.15, -0.1) is 0 Å².